The summed E-state index contributed by atoms with van der Waals surface area (Å²) in [6.07, 6.45) is 3.05. The summed E-state index contributed by atoms with van der Waals surface area (Å²) in [5.74, 6) is 0. The first-order chi connectivity index (χ1) is 22.2. The summed E-state index contributed by atoms with van der Waals surface area (Å²) in [7, 11) is -1.35. The van der Waals surface area contributed by atoms with E-state index in [0.717, 1.165) is 60.9 Å². The van der Waals surface area contributed by atoms with Gasteiger partial charge in [0, 0.05) is 16.3 Å². The molecule has 0 fully saturated rings. The zero-order valence-electron chi connectivity index (χ0n) is 25.7. The van der Waals surface area contributed by atoms with Gasteiger partial charge in [0.1, 0.15) is 40.5 Å². The van der Waals surface area contributed by atoms with Crippen molar-refractivity contribution in [3.05, 3.63) is 125 Å². The second kappa shape index (κ2) is 13.1. The lowest BCUT2D eigenvalue weighted by molar-refractivity contribution is 0.425. The van der Waals surface area contributed by atoms with Crippen LogP contribution in [0.15, 0.2) is 106 Å². The molecule has 4 heterocycles. The lowest BCUT2D eigenvalue weighted by Gasteiger charge is -2.04. The Morgan fingerprint density at radius 1 is 0.587 bits per heavy atom. The molecule has 0 spiro atoms. The maximum atomic E-state index is 8.83. The molecule has 0 aliphatic rings. The lowest BCUT2D eigenvalue weighted by Crippen LogP contribution is -2.30. The van der Waals surface area contributed by atoms with Crippen LogP contribution in [0.4, 0.5) is 0 Å². The zero-order chi connectivity index (χ0) is 32.4. The van der Waals surface area contributed by atoms with Gasteiger partial charge in [0.05, 0.1) is 0 Å². The average molecular weight is 629 g/mol. The highest BCUT2D eigenvalue weighted by Crippen LogP contribution is 2.33. The summed E-state index contributed by atoms with van der Waals surface area (Å²) in [5.41, 5.74) is 11.6. The molecule has 2 N–H and O–H groups in total. The predicted molar refractivity (Wildman–Crippen MR) is 184 cm³/mol. The summed E-state index contributed by atoms with van der Waals surface area (Å²) in [4.78, 5) is 16.8. The topological polar surface area (TPSA) is 118 Å². The minimum atomic E-state index is -1.35. The quantitative estimate of drug-likeness (QED) is 0.148. The molecule has 8 rings (SSSR count). The average Bonchev–Trinajstić information content (AvgIpc) is 3.60. The highest BCUT2D eigenvalue weighted by atomic mass is 35.5. The smallest absolute Gasteiger partial charge is 0.452 e. The van der Waals surface area contributed by atoms with Crippen molar-refractivity contribution in [1.29, 1.82) is 0 Å². The van der Waals surface area contributed by atoms with Crippen LogP contribution in [-0.4, -0.2) is 37.1 Å². The Hall–Kier alpha value is -5.09. The van der Waals surface area contributed by atoms with Gasteiger partial charge in [-0.05, 0) is 69.6 Å². The molecule has 10 heteroatoms. The Kier molecular flexibility index (Phi) is 8.81. The van der Waals surface area contributed by atoms with Gasteiger partial charge in [-0.15, -0.1) is 0 Å². The maximum absolute atomic E-state index is 8.83. The van der Waals surface area contributed by atoms with Crippen LogP contribution >= 0.6 is 11.6 Å². The van der Waals surface area contributed by atoms with Gasteiger partial charge in [-0.25, -0.2) is 19.9 Å². The van der Waals surface area contributed by atoms with Crippen LogP contribution in [0.25, 0.3) is 55.4 Å². The molecule has 8 aromatic rings. The Labute approximate surface area is 270 Å². The SMILES string of the molecule is Cc1cc(C)cc(-c2ncnc3c2oc2ccccc23)c1.Cc1cc(C)cc(B(O)O)c1.Clc1ncnc2c1oc1ccccc12. The van der Waals surface area contributed by atoms with Crippen molar-refractivity contribution < 1.29 is 18.9 Å². The number of halogens is 1. The Bertz CT molecular complexity index is 2290. The lowest BCUT2D eigenvalue weighted by atomic mass is 9.79. The van der Waals surface area contributed by atoms with E-state index in [0.29, 0.717) is 16.2 Å². The molecule has 0 atom stereocenters. The standard InChI is InChI=1S/C18H14N2O.C10H5ClN2O.C8H11BO2/c1-11-7-12(2)9-13(8-11)16-18-17(20-10-19-16)14-5-3-4-6-15(14)21-18;11-10-9-8(12-5-13-10)6-3-1-2-4-7(6)14-9;1-6-3-7(2)5-8(4-6)9(10)11/h3-10H,1-2H3;1-5H;3-5,10-11H,1-2H3. The minimum Gasteiger partial charge on any atom is -0.452 e. The number of aromatic nitrogens is 4. The van der Waals surface area contributed by atoms with Gasteiger partial charge in [0.2, 0.25) is 0 Å². The number of benzene rings is 4. The molecular formula is C36H30BClN4O4. The van der Waals surface area contributed by atoms with Crippen LogP contribution in [-0.2, 0) is 0 Å². The van der Waals surface area contributed by atoms with Gasteiger partial charge in [0.25, 0.3) is 0 Å². The van der Waals surface area contributed by atoms with Crippen molar-refractivity contribution in [3.8, 4) is 11.3 Å². The van der Waals surface area contributed by atoms with Crippen LogP contribution < -0.4 is 5.46 Å². The molecule has 0 bridgehead atoms. The first-order valence-corrected chi connectivity index (χ1v) is 15.0. The van der Waals surface area contributed by atoms with Crippen LogP contribution in [0.3, 0.4) is 0 Å². The highest BCUT2D eigenvalue weighted by molar-refractivity contribution is 6.58. The molecular weight excluding hydrogens is 599 g/mol. The van der Waals surface area contributed by atoms with Crippen molar-refractivity contribution >= 4 is 68.3 Å². The zero-order valence-corrected chi connectivity index (χ0v) is 26.4. The number of hydrogen-bond donors (Lipinski definition) is 2. The first kappa shape index (κ1) is 30.9. The van der Waals surface area contributed by atoms with Crippen LogP contribution in [0, 0.1) is 27.7 Å². The Morgan fingerprint density at radius 2 is 1.07 bits per heavy atom. The van der Waals surface area contributed by atoms with Crippen molar-refractivity contribution in [2.75, 3.05) is 0 Å². The van der Waals surface area contributed by atoms with Crippen LogP contribution in [0.5, 0.6) is 0 Å². The number of furan rings is 2. The van der Waals surface area contributed by atoms with Crippen LogP contribution in [0.2, 0.25) is 5.15 Å². The van der Waals surface area contributed by atoms with E-state index in [1.807, 2.05) is 68.4 Å². The van der Waals surface area contributed by atoms with Crippen molar-refractivity contribution in [2.24, 2.45) is 0 Å². The van der Waals surface area contributed by atoms with Gasteiger partial charge in [-0.1, -0.05) is 82.4 Å². The van der Waals surface area contributed by atoms with E-state index in [1.54, 1.807) is 18.5 Å². The molecule has 8 nitrogen and oxygen atoms in total. The molecule has 0 radical (unpaired) electrons. The number of para-hydroxylation sites is 2. The van der Waals surface area contributed by atoms with E-state index in [9.17, 15) is 0 Å². The molecule has 0 saturated heterocycles. The van der Waals surface area contributed by atoms with E-state index in [2.05, 4.69) is 52.0 Å². The Morgan fingerprint density at radius 3 is 1.63 bits per heavy atom. The third-order valence-electron chi connectivity index (χ3n) is 7.31. The van der Waals surface area contributed by atoms with Gasteiger partial charge in [-0.2, -0.15) is 0 Å². The molecule has 46 heavy (non-hydrogen) atoms. The molecule has 0 unspecified atom stereocenters. The molecule has 0 aliphatic carbocycles. The van der Waals surface area contributed by atoms with Crippen molar-refractivity contribution in [2.45, 2.75) is 27.7 Å². The molecule has 0 saturated carbocycles. The van der Waals surface area contributed by atoms with Crippen LogP contribution in [0.1, 0.15) is 22.3 Å². The first-order valence-electron chi connectivity index (χ1n) is 14.6. The predicted octanol–water partition coefficient (Wildman–Crippen LogP) is 7.67. The molecule has 0 aliphatic heterocycles. The summed E-state index contributed by atoms with van der Waals surface area (Å²) in [6.45, 7) is 8.04. The van der Waals surface area contributed by atoms with E-state index >= 15 is 0 Å². The van der Waals surface area contributed by atoms with Gasteiger partial charge in [0.15, 0.2) is 16.3 Å². The third-order valence-corrected chi connectivity index (χ3v) is 7.58. The number of hydrogen-bond acceptors (Lipinski definition) is 8. The second-order valence-electron chi connectivity index (χ2n) is 11.1. The van der Waals surface area contributed by atoms with E-state index in [1.165, 1.54) is 17.5 Å². The largest absolute Gasteiger partial charge is 0.488 e. The summed E-state index contributed by atoms with van der Waals surface area (Å²) >= 11 is 5.88. The minimum absolute atomic E-state index is 0.353. The summed E-state index contributed by atoms with van der Waals surface area (Å²) in [6, 6.07) is 27.6. The fraction of sp³-hybridized carbons (Fsp3) is 0.111. The summed E-state index contributed by atoms with van der Waals surface area (Å²) in [5, 5.41) is 20.0. The van der Waals surface area contributed by atoms with E-state index < -0.39 is 7.12 Å². The van der Waals surface area contributed by atoms with Gasteiger partial charge < -0.3 is 18.9 Å². The number of aryl methyl sites for hydroxylation is 4. The summed E-state index contributed by atoms with van der Waals surface area (Å²) < 4.78 is 11.5. The van der Waals surface area contributed by atoms with E-state index in [-0.39, 0.29) is 0 Å². The number of rotatable bonds is 2. The van der Waals surface area contributed by atoms with E-state index in [4.69, 9.17) is 30.5 Å². The molecule has 4 aromatic heterocycles. The monoisotopic (exact) mass is 628 g/mol. The number of nitrogens with zero attached hydrogens (tertiary/aromatic N) is 4. The van der Waals surface area contributed by atoms with Gasteiger partial charge >= 0.3 is 7.12 Å². The maximum Gasteiger partial charge on any atom is 0.488 e. The third kappa shape index (κ3) is 6.48. The van der Waals surface area contributed by atoms with Crippen molar-refractivity contribution in [3.63, 3.8) is 0 Å². The fourth-order valence-electron chi connectivity index (χ4n) is 5.50. The van der Waals surface area contributed by atoms with Gasteiger partial charge in [-0.3, -0.25) is 0 Å². The fourth-order valence-corrected chi connectivity index (χ4v) is 5.67. The second-order valence-corrected chi connectivity index (χ2v) is 11.5. The molecule has 228 valence electrons. The number of fused-ring (bicyclic) bond motifs is 6. The molecule has 0 amide bonds. The van der Waals surface area contributed by atoms with Crippen molar-refractivity contribution in [1.82, 2.24) is 19.9 Å². The highest BCUT2D eigenvalue weighted by Gasteiger charge is 2.15. The Balaban J connectivity index is 0.000000129. The normalized spacial score (nSPS) is 10.9. The molecule has 4 aromatic carbocycles.